The van der Waals surface area contributed by atoms with Gasteiger partial charge in [0.05, 0.1) is 6.54 Å². The van der Waals surface area contributed by atoms with Gasteiger partial charge in [-0.15, -0.1) is 0 Å². The molecule has 0 radical (unpaired) electrons. The van der Waals surface area contributed by atoms with Crippen LogP contribution in [0.25, 0.3) is 0 Å². The molecule has 1 atom stereocenters. The van der Waals surface area contributed by atoms with E-state index in [-0.39, 0.29) is 24.2 Å². The third-order valence-corrected chi connectivity index (χ3v) is 6.64. The molecule has 0 bridgehead atoms. The lowest BCUT2D eigenvalue weighted by Gasteiger charge is -2.35. The number of hydrogen-bond acceptors (Lipinski definition) is 5. The van der Waals surface area contributed by atoms with Crippen molar-refractivity contribution in [3.8, 4) is 5.75 Å². The Bertz CT molecular complexity index is 1190. The molecule has 1 N–H and O–H groups in total. The third kappa shape index (κ3) is 5.62. The maximum atomic E-state index is 12.5. The average Bonchev–Trinajstić information content (AvgIpc) is 3.26. The summed E-state index contributed by atoms with van der Waals surface area (Å²) in [5.74, 6) is 0.727. The average molecular weight is 486 g/mol. The summed E-state index contributed by atoms with van der Waals surface area (Å²) in [5.41, 5.74) is 4.02. The molecule has 0 aliphatic carbocycles. The van der Waals surface area contributed by atoms with E-state index in [1.54, 1.807) is 4.90 Å². The summed E-state index contributed by atoms with van der Waals surface area (Å²) in [7, 11) is 0. The van der Waals surface area contributed by atoms with E-state index in [1.165, 1.54) is 18.2 Å². The molecule has 3 aromatic carbocycles. The molecule has 186 valence electrons. The number of para-hydroxylation sites is 2. The maximum Gasteiger partial charge on any atom is 0.414 e. The number of nitrogens with one attached hydrogen (secondary N) is 1. The van der Waals surface area contributed by atoms with Crippen LogP contribution in [0.3, 0.4) is 0 Å². The van der Waals surface area contributed by atoms with E-state index in [9.17, 15) is 9.59 Å². The minimum atomic E-state index is -0.285. The van der Waals surface area contributed by atoms with Crippen molar-refractivity contribution in [2.45, 2.75) is 38.4 Å². The van der Waals surface area contributed by atoms with Crippen LogP contribution in [0.2, 0.25) is 0 Å². The zero-order chi connectivity index (χ0) is 24.9. The third-order valence-electron chi connectivity index (χ3n) is 6.64. The standard InChI is InChI=1S/C29H31N3O4/c1-21(33)30-23-11-13-25(14-12-23)35-26-15-17-31(18-16-26)28-10-6-5-7-22(28)19-27-20-32(29(34)36-27)24-8-3-2-4-9-24/h2-14,26-27H,15-20H2,1H3,(H,30,33). The summed E-state index contributed by atoms with van der Waals surface area (Å²) >= 11 is 0. The first-order valence-corrected chi connectivity index (χ1v) is 12.5. The maximum absolute atomic E-state index is 12.5. The van der Waals surface area contributed by atoms with Gasteiger partial charge in [-0.3, -0.25) is 9.69 Å². The fourth-order valence-corrected chi connectivity index (χ4v) is 4.91. The minimum absolute atomic E-state index is 0.0871. The van der Waals surface area contributed by atoms with E-state index in [0.29, 0.717) is 13.0 Å². The van der Waals surface area contributed by atoms with E-state index >= 15 is 0 Å². The highest BCUT2D eigenvalue weighted by molar-refractivity contribution is 5.90. The van der Waals surface area contributed by atoms with Crippen LogP contribution in [0.1, 0.15) is 25.3 Å². The first-order chi connectivity index (χ1) is 17.5. The van der Waals surface area contributed by atoms with Crippen LogP contribution < -0.4 is 19.9 Å². The summed E-state index contributed by atoms with van der Waals surface area (Å²) in [5, 5.41) is 2.77. The second-order valence-corrected chi connectivity index (χ2v) is 9.29. The van der Waals surface area contributed by atoms with Crippen LogP contribution in [0.15, 0.2) is 78.9 Å². The molecule has 2 amide bonds. The van der Waals surface area contributed by atoms with Gasteiger partial charge in [-0.05, 0) is 48.0 Å². The Balaban J connectivity index is 1.17. The quantitative estimate of drug-likeness (QED) is 0.494. The second kappa shape index (κ2) is 10.7. The summed E-state index contributed by atoms with van der Waals surface area (Å²) in [6, 6.07) is 25.6. The SMILES string of the molecule is CC(=O)Nc1ccc(OC2CCN(c3ccccc3CC3CN(c4ccccc4)C(=O)O3)CC2)cc1. The van der Waals surface area contributed by atoms with Gasteiger partial charge in [-0.25, -0.2) is 4.79 Å². The van der Waals surface area contributed by atoms with Gasteiger partial charge in [0.15, 0.2) is 0 Å². The predicted molar refractivity (Wildman–Crippen MR) is 141 cm³/mol. The lowest BCUT2D eigenvalue weighted by atomic mass is 10.0. The minimum Gasteiger partial charge on any atom is -0.490 e. The summed E-state index contributed by atoms with van der Waals surface area (Å²) in [6.45, 7) is 3.84. The molecule has 2 aliphatic rings. The van der Waals surface area contributed by atoms with Crippen molar-refractivity contribution >= 4 is 29.1 Å². The number of rotatable bonds is 7. The van der Waals surface area contributed by atoms with Crippen molar-refractivity contribution in [3.05, 3.63) is 84.4 Å². The Morgan fingerprint density at radius 1 is 0.972 bits per heavy atom. The summed E-state index contributed by atoms with van der Waals surface area (Å²) in [6.07, 6.45) is 2.20. The van der Waals surface area contributed by atoms with Crippen LogP contribution in [0.5, 0.6) is 5.75 Å². The first kappa shape index (κ1) is 23.7. The lowest BCUT2D eigenvalue weighted by molar-refractivity contribution is -0.114. The normalized spacial score (nSPS) is 18.1. The molecule has 2 heterocycles. The van der Waals surface area contributed by atoms with Crippen molar-refractivity contribution in [2.24, 2.45) is 0 Å². The fourth-order valence-electron chi connectivity index (χ4n) is 4.91. The highest BCUT2D eigenvalue weighted by Crippen LogP contribution is 2.30. The topological polar surface area (TPSA) is 71.1 Å². The Morgan fingerprint density at radius 3 is 2.39 bits per heavy atom. The molecule has 7 heteroatoms. The fraction of sp³-hybridized carbons (Fsp3) is 0.310. The number of nitrogens with zero attached hydrogens (tertiary/aromatic N) is 2. The molecule has 3 aromatic rings. The van der Waals surface area contributed by atoms with Crippen molar-refractivity contribution in [1.29, 1.82) is 0 Å². The number of ether oxygens (including phenoxy) is 2. The Kier molecular flexibility index (Phi) is 7.07. The predicted octanol–water partition coefficient (Wildman–Crippen LogP) is 5.26. The van der Waals surface area contributed by atoms with Gasteiger partial charge in [0.25, 0.3) is 0 Å². The molecule has 0 aromatic heterocycles. The van der Waals surface area contributed by atoms with Gasteiger partial charge in [0, 0.05) is 56.3 Å². The summed E-state index contributed by atoms with van der Waals surface area (Å²) in [4.78, 5) is 27.8. The molecule has 2 fully saturated rings. The highest BCUT2D eigenvalue weighted by atomic mass is 16.6. The number of amides is 2. The van der Waals surface area contributed by atoms with E-state index in [1.807, 2.05) is 60.7 Å². The molecule has 36 heavy (non-hydrogen) atoms. The van der Waals surface area contributed by atoms with Crippen LogP contribution in [-0.4, -0.2) is 43.8 Å². The smallest absolute Gasteiger partial charge is 0.414 e. The van der Waals surface area contributed by atoms with Crippen molar-refractivity contribution in [1.82, 2.24) is 0 Å². The highest BCUT2D eigenvalue weighted by Gasteiger charge is 2.33. The molecule has 2 aliphatic heterocycles. The number of carbonyl (C=O) groups is 2. The van der Waals surface area contributed by atoms with E-state index in [2.05, 4.69) is 28.4 Å². The Labute approximate surface area is 211 Å². The van der Waals surface area contributed by atoms with Crippen LogP contribution in [0.4, 0.5) is 21.9 Å². The van der Waals surface area contributed by atoms with Crippen LogP contribution in [0, 0.1) is 0 Å². The molecule has 7 nitrogen and oxygen atoms in total. The molecular formula is C29H31N3O4. The van der Waals surface area contributed by atoms with Gasteiger partial charge in [-0.2, -0.15) is 0 Å². The van der Waals surface area contributed by atoms with Gasteiger partial charge in [-0.1, -0.05) is 36.4 Å². The Morgan fingerprint density at radius 2 is 1.67 bits per heavy atom. The number of piperidine rings is 1. The van der Waals surface area contributed by atoms with Gasteiger partial charge in [0.2, 0.25) is 5.91 Å². The molecule has 5 rings (SSSR count). The van der Waals surface area contributed by atoms with Crippen LogP contribution in [-0.2, 0) is 16.0 Å². The Hall–Kier alpha value is -4.00. The summed E-state index contributed by atoms with van der Waals surface area (Å²) < 4.78 is 11.9. The van der Waals surface area contributed by atoms with Crippen LogP contribution >= 0.6 is 0 Å². The van der Waals surface area contributed by atoms with Crippen molar-refractivity contribution < 1.29 is 19.1 Å². The zero-order valence-corrected chi connectivity index (χ0v) is 20.4. The van der Waals surface area contributed by atoms with Gasteiger partial charge in [0.1, 0.15) is 18.0 Å². The van der Waals surface area contributed by atoms with Gasteiger partial charge < -0.3 is 19.7 Å². The number of benzene rings is 3. The number of anilines is 3. The zero-order valence-electron chi connectivity index (χ0n) is 20.4. The number of carbonyl (C=O) groups excluding carboxylic acids is 2. The largest absolute Gasteiger partial charge is 0.490 e. The van der Waals surface area contributed by atoms with E-state index in [4.69, 9.17) is 9.47 Å². The monoisotopic (exact) mass is 485 g/mol. The molecule has 2 saturated heterocycles. The second-order valence-electron chi connectivity index (χ2n) is 9.29. The molecule has 0 saturated carbocycles. The van der Waals surface area contributed by atoms with E-state index in [0.717, 1.165) is 43.1 Å². The molecule has 1 unspecified atom stereocenters. The molecule has 0 spiro atoms. The number of hydrogen-bond donors (Lipinski definition) is 1. The number of cyclic esters (lactones) is 1. The first-order valence-electron chi connectivity index (χ1n) is 12.5. The molecular weight excluding hydrogens is 454 g/mol. The lowest BCUT2D eigenvalue weighted by Crippen LogP contribution is -2.39. The van der Waals surface area contributed by atoms with Gasteiger partial charge >= 0.3 is 6.09 Å². The van der Waals surface area contributed by atoms with E-state index < -0.39 is 0 Å². The van der Waals surface area contributed by atoms with Crippen molar-refractivity contribution in [3.63, 3.8) is 0 Å². The van der Waals surface area contributed by atoms with Crippen molar-refractivity contribution in [2.75, 3.05) is 34.8 Å².